The lowest BCUT2D eigenvalue weighted by molar-refractivity contribution is 1.08. The van der Waals surface area contributed by atoms with E-state index >= 15 is 0 Å². The summed E-state index contributed by atoms with van der Waals surface area (Å²) in [7, 11) is 0. The van der Waals surface area contributed by atoms with Crippen LogP contribution in [0, 0.1) is 0 Å². The third kappa shape index (κ3) is 4.69. The lowest BCUT2D eigenvalue weighted by Gasteiger charge is -2.10. The van der Waals surface area contributed by atoms with Crippen molar-refractivity contribution >= 4 is 53.3 Å². The molecule has 10 rings (SSSR count). The smallest absolute Gasteiger partial charge is 0.164 e. The molecule has 234 valence electrons. The van der Waals surface area contributed by atoms with E-state index in [-0.39, 0.29) is 0 Å². The van der Waals surface area contributed by atoms with Gasteiger partial charge >= 0.3 is 0 Å². The average Bonchev–Trinajstić information content (AvgIpc) is 3.74. The molecule has 4 aromatic heterocycles. The summed E-state index contributed by atoms with van der Waals surface area (Å²) < 4.78 is 4.72. The standard InChI is InChI=1S/C44H27N5S/c1-4-11-28(12-5-1)42-46-43(29-13-6-2-7-14-29)48-44(47-42)34-17-10-18-40-41(34)36-26-31(20-22-39(36)50-40)30-19-21-37-35(25-30)33-23-24-45-27-38(33)49(37)32-15-8-3-9-16-32/h1-27H. The number of nitrogens with zero attached hydrogens (tertiary/aromatic N) is 5. The summed E-state index contributed by atoms with van der Waals surface area (Å²) in [6.07, 6.45) is 3.84. The molecule has 0 spiro atoms. The van der Waals surface area contributed by atoms with Crippen LogP contribution in [-0.4, -0.2) is 24.5 Å². The van der Waals surface area contributed by atoms with Crippen LogP contribution in [0.5, 0.6) is 0 Å². The predicted octanol–water partition coefficient (Wildman–Crippen LogP) is 11.4. The van der Waals surface area contributed by atoms with Crippen molar-refractivity contribution in [3.63, 3.8) is 0 Å². The van der Waals surface area contributed by atoms with Gasteiger partial charge in [-0.25, -0.2) is 15.0 Å². The average molecular weight is 658 g/mol. The van der Waals surface area contributed by atoms with Crippen molar-refractivity contribution < 1.29 is 0 Å². The van der Waals surface area contributed by atoms with Gasteiger partial charge in [-0.2, -0.15) is 0 Å². The second-order valence-corrected chi connectivity index (χ2v) is 13.4. The third-order valence-corrected chi connectivity index (χ3v) is 10.5. The molecule has 0 aliphatic carbocycles. The Hall–Kier alpha value is -6.50. The second kappa shape index (κ2) is 11.6. The number of pyridine rings is 1. The number of hydrogen-bond acceptors (Lipinski definition) is 5. The molecular weight excluding hydrogens is 631 g/mol. The van der Waals surface area contributed by atoms with E-state index in [1.807, 2.05) is 73.1 Å². The summed E-state index contributed by atoms with van der Waals surface area (Å²) in [5.41, 5.74) is 8.61. The fourth-order valence-electron chi connectivity index (χ4n) is 7.03. The van der Waals surface area contributed by atoms with Crippen molar-refractivity contribution in [1.29, 1.82) is 0 Å². The van der Waals surface area contributed by atoms with Gasteiger partial charge in [0.25, 0.3) is 0 Å². The minimum atomic E-state index is 0.657. The molecule has 10 aromatic rings. The molecule has 0 N–H and O–H groups in total. The van der Waals surface area contributed by atoms with E-state index in [9.17, 15) is 0 Å². The lowest BCUT2D eigenvalue weighted by Crippen LogP contribution is -2.00. The summed E-state index contributed by atoms with van der Waals surface area (Å²) in [5.74, 6) is 1.98. The van der Waals surface area contributed by atoms with Gasteiger partial charge in [-0.3, -0.25) is 4.98 Å². The van der Waals surface area contributed by atoms with Gasteiger partial charge < -0.3 is 4.57 Å². The topological polar surface area (TPSA) is 56.5 Å². The van der Waals surface area contributed by atoms with Crippen LogP contribution >= 0.6 is 11.3 Å². The molecule has 0 saturated heterocycles. The number of hydrogen-bond donors (Lipinski definition) is 0. The number of para-hydroxylation sites is 1. The molecule has 50 heavy (non-hydrogen) atoms. The van der Waals surface area contributed by atoms with E-state index in [1.165, 1.54) is 25.6 Å². The van der Waals surface area contributed by atoms with Gasteiger partial charge in [-0.15, -0.1) is 11.3 Å². The van der Waals surface area contributed by atoms with Crippen LogP contribution in [0.4, 0.5) is 0 Å². The first-order valence-corrected chi connectivity index (χ1v) is 17.4. The molecule has 6 heteroatoms. The Morgan fingerprint density at radius 3 is 1.80 bits per heavy atom. The maximum Gasteiger partial charge on any atom is 0.164 e. The zero-order valence-corrected chi connectivity index (χ0v) is 27.5. The molecule has 0 aliphatic rings. The monoisotopic (exact) mass is 657 g/mol. The first kappa shape index (κ1) is 28.5. The van der Waals surface area contributed by atoms with Crippen LogP contribution in [0.15, 0.2) is 164 Å². The number of rotatable bonds is 5. The van der Waals surface area contributed by atoms with Crippen molar-refractivity contribution in [2.24, 2.45) is 0 Å². The Bertz CT molecular complexity index is 2800. The van der Waals surface area contributed by atoms with Crippen LogP contribution in [0.3, 0.4) is 0 Å². The molecule has 0 bridgehead atoms. The minimum absolute atomic E-state index is 0.657. The van der Waals surface area contributed by atoms with Gasteiger partial charge in [0.15, 0.2) is 17.5 Å². The lowest BCUT2D eigenvalue weighted by atomic mass is 9.99. The van der Waals surface area contributed by atoms with Gasteiger partial charge in [0, 0.05) is 59.5 Å². The normalized spacial score (nSPS) is 11.6. The zero-order valence-electron chi connectivity index (χ0n) is 26.7. The highest BCUT2D eigenvalue weighted by Crippen LogP contribution is 2.42. The molecule has 0 aliphatic heterocycles. The number of thiophene rings is 1. The first-order chi connectivity index (χ1) is 24.8. The van der Waals surface area contributed by atoms with Crippen molar-refractivity contribution in [1.82, 2.24) is 24.5 Å². The molecule has 6 aromatic carbocycles. The number of aromatic nitrogens is 5. The fourth-order valence-corrected chi connectivity index (χ4v) is 8.14. The highest BCUT2D eigenvalue weighted by Gasteiger charge is 2.18. The molecular formula is C44H27N5S. The molecule has 0 unspecified atom stereocenters. The van der Waals surface area contributed by atoms with Crippen LogP contribution in [0.2, 0.25) is 0 Å². The maximum absolute atomic E-state index is 5.08. The van der Waals surface area contributed by atoms with Gasteiger partial charge in [0.05, 0.1) is 17.2 Å². The van der Waals surface area contributed by atoms with Crippen LogP contribution in [-0.2, 0) is 0 Å². The molecule has 0 fully saturated rings. The van der Waals surface area contributed by atoms with Gasteiger partial charge in [0.1, 0.15) is 0 Å². The Kier molecular flexibility index (Phi) is 6.60. The highest BCUT2D eigenvalue weighted by molar-refractivity contribution is 7.26. The molecule has 0 radical (unpaired) electrons. The second-order valence-electron chi connectivity index (χ2n) is 12.3. The third-order valence-electron chi connectivity index (χ3n) is 9.35. The molecule has 0 saturated carbocycles. The largest absolute Gasteiger partial charge is 0.308 e. The van der Waals surface area contributed by atoms with Crippen molar-refractivity contribution in [2.75, 3.05) is 0 Å². The Morgan fingerprint density at radius 1 is 0.440 bits per heavy atom. The Morgan fingerprint density at radius 2 is 1.08 bits per heavy atom. The van der Waals surface area contributed by atoms with E-state index in [0.717, 1.165) is 49.9 Å². The van der Waals surface area contributed by atoms with Gasteiger partial charge in [-0.1, -0.05) is 103 Å². The summed E-state index contributed by atoms with van der Waals surface area (Å²) >= 11 is 1.80. The maximum atomic E-state index is 5.08. The van der Waals surface area contributed by atoms with Gasteiger partial charge in [0.2, 0.25) is 0 Å². The van der Waals surface area contributed by atoms with Crippen molar-refractivity contribution in [3.05, 3.63) is 164 Å². The fraction of sp³-hybridized carbons (Fsp3) is 0. The minimum Gasteiger partial charge on any atom is -0.308 e. The molecule has 0 amide bonds. The zero-order chi connectivity index (χ0) is 33.0. The Labute approximate surface area is 291 Å². The van der Waals surface area contributed by atoms with E-state index in [4.69, 9.17) is 15.0 Å². The summed E-state index contributed by atoms with van der Waals surface area (Å²) in [6.45, 7) is 0. The number of fused-ring (bicyclic) bond motifs is 6. The van der Waals surface area contributed by atoms with Gasteiger partial charge in [-0.05, 0) is 59.7 Å². The molecule has 0 atom stereocenters. The van der Waals surface area contributed by atoms with Crippen LogP contribution < -0.4 is 0 Å². The summed E-state index contributed by atoms with van der Waals surface area (Å²) in [4.78, 5) is 19.6. The first-order valence-electron chi connectivity index (χ1n) is 16.5. The van der Waals surface area contributed by atoms with Crippen molar-refractivity contribution in [3.8, 4) is 51.0 Å². The van der Waals surface area contributed by atoms with E-state index in [0.29, 0.717) is 17.5 Å². The predicted molar refractivity (Wildman–Crippen MR) is 207 cm³/mol. The van der Waals surface area contributed by atoms with Crippen LogP contribution in [0.25, 0.3) is 93.0 Å². The number of benzene rings is 6. The molecule has 5 nitrogen and oxygen atoms in total. The SMILES string of the molecule is c1ccc(-c2nc(-c3ccccc3)nc(-c3cccc4sc5ccc(-c6ccc7c(c6)c6ccncc6n7-c6ccccc6)cc5c34)n2)cc1. The molecule has 4 heterocycles. The summed E-state index contributed by atoms with van der Waals surface area (Å²) in [6, 6.07) is 52.9. The highest BCUT2D eigenvalue weighted by atomic mass is 32.1. The quantitative estimate of drug-likeness (QED) is 0.185. The van der Waals surface area contributed by atoms with Crippen molar-refractivity contribution in [2.45, 2.75) is 0 Å². The van der Waals surface area contributed by atoms with Crippen LogP contribution in [0.1, 0.15) is 0 Å². The Balaban J connectivity index is 1.16. The summed E-state index contributed by atoms with van der Waals surface area (Å²) in [5, 5.41) is 4.73. The van der Waals surface area contributed by atoms with E-state index in [2.05, 4.69) is 101 Å². The van der Waals surface area contributed by atoms with E-state index < -0.39 is 0 Å². The van der Waals surface area contributed by atoms with E-state index in [1.54, 1.807) is 11.3 Å².